The van der Waals surface area contributed by atoms with E-state index in [0.717, 1.165) is 10.6 Å². The summed E-state index contributed by atoms with van der Waals surface area (Å²) in [6, 6.07) is 15.1. The van der Waals surface area contributed by atoms with Crippen molar-refractivity contribution in [3.05, 3.63) is 75.3 Å². The third kappa shape index (κ3) is 3.28. The first-order valence-electron chi connectivity index (χ1n) is 7.49. The lowest BCUT2D eigenvalue weighted by Crippen LogP contribution is -2.26. The zero-order valence-electron chi connectivity index (χ0n) is 13.1. The average Bonchev–Trinajstić information content (AvgIpc) is 2.56. The first-order chi connectivity index (χ1) is 11.1. The number of nitrogens with one attached hydrogen (secondary N) is 1. The fourth-order valence-electron chi connectivity index (χ4n) is 2.54. The molecule has 3 rings (SSSR count). The van der Waals surface area contributed by atoms with E-state index in [-0.39, 0.29) is 11.6 Å². The molecule has 3 aromatic rings. The highest BCUT2D eigenvalue weighted by Crippen LogP contribution is 2.22. The molecule has 1 unspecified atom stereocenters. The number of hydrogen-bond donors (Lipinski definition) is 1. The summed E-state index contributed by atoms with van der Waals surface area (Å²) < 4.78 is 0. The molecule has 0 saturated carbocycles. The van der Waals surface area contributed by atoms with Crippen LogP contribution in [0.1, 0.15) is 24.4 Å². The first-order valence-corrected chi connectivity index (χ1v) is 7.86. The highest BCUT2D eigenvalue weighted by Gasteiger charge is 2.16. The standard InChI is InChI=1S/C18H18ClN3O/c1-12(22(2)11-13-7-3-5-9-15(13)19)17-20-16-10-6-4-8-14(16)18(23)21-17/h3-10,12H,11H2,1-2H3,(H,20,21,23). The van der Waals surface area contributed by atoms with E-state index in [1.165, 1.54) is 0 Å². The third-order valence-corrected chi connectivity index (χ3v) is 4.43. The lowest BCUT2D eigenvalue weighted by Gasteiger charge is -2.24. The zero-order valence-corrected chi connectivity index (χ0v) is 13.8. The molecule has 0 saturated heterocycles. The van der Waals surface area contributed by atoms with Crippen LogP contribution >= 0.6 is 11.6 Å². The molecule has 0 radical (unpaired) electrons. The molecule has 0 aliphatic rings. The second-order valence-electron chi connectivity index (χ2n) is 5.65. The Kier molecular flexibility index (Phi) is 4.46. The number of H-pyrrole nitrogens is 1. The van der Waals surface area contributed by atoms with E-state index in [1.807, 2.05) is 56.4 Å². The number of para-hydroxylation sites is 1. The second kappa shape index (κ2) is 6.52. The van der Waals surface area contributed by atoms with Crippen LogP contribution in [-0.2, 0) is 6.54 Å². The molecule has 118 valence electrons. The van der Waals surface area contributed by atoms with E-state index >= 15 is 0 Å². The highest BCUT2D eigenvalue weighted by molar-refractivity contribution is 6.31. The third-order valence-electron chi connectivity index (χ3n) is 4.07. The van der Waals surface area contributed by atoms with Crippen molar-refractivity contribution in [2.75, 3.05) is 7.05 Å². The van der Waals surface area contributed by atoms with Gasteiger partial charge in [0.25, 0.3) is 5.56 Å². The van der Waals surface area contributed by atoms with E-state index in [0.29, 0.717) is 23.3 Å². The van der Waals surface area contributed by atoms with Crippen LogP contribution < -0.4 is 5.56 Å². The van der Waals surface area contributed by atoms with Gasteiger partial charge in [-0.3, -0.25) is 9.69 Å². The number of aromatic amines is 1. The van der Waals surface area contributed by atoms with Crippen LogP contribution in [0.5, 0.6) is 0 Å². The van der Waals surface area contributed by atoms with Gasteiger partial charge >= 0.3 is 0 Å². The van der Waals surface area contributed by atoms with Gasteiger partial charge in [-0.05, 0) is 37.7 Å². The molecule has 0 fully saturated rings. The van der Waals surface area contributed by atoms with E-state index in [9.17, 15) is 4.79 Å². The largest absolute Gasteiger partial charge is 0.309 e. The molecule has 0 amide bonds. The summed E-state index contributed by atoms with van der Waals surface area (Å²) in [5.41, 5.74) is 1.65. The minimum atomic E-state index is -0.108. The molecule has 0 bridgehead atoms. The number of hydrogen-bond acceptors (Lipinski definition) is 3. The Bertz CT molecular complexity index is 891. The number of aromatic nitrogens is 2. The topological polar surface area (TPSA) is 49.0 Å². The summed E-state index contributed by atoms with van der Waals surface area (Å²) in [5, 5.41) is 1.35. The molecule has 4 nitrogen and oxygen atoms in total. The van der Waals surface area contributed by atoms with E-state index in [1.54, 1.807) is 6.07 Å². The van der Waals surface area contributed by atoms with Crippen molar-refractivity contribution in [2.24, 2.45) is 0 Å². The predicted octanol–water partition coefficient (Wildman–Crippen LogP) is 3.77. The maximum Gasteiger partial charge on any atom is 0.258 e. The summed E-state index contributed by atoms with van der Waals surface area (Å²) in [6.07, 6.45) is 0. The van der Waals surface area contributed by atoms with Gasteiger partial charge < -0.3 is 4.98 Å². The van der Waals surface area contributed by atoms with Crippen molar-refractivity contribution in [2.45, 2.75) is 19.5 Å². The van der Waals surface area contributed by atoms with Crippen molar-refractivity contribution < 1.29 is 0 Å². The Morgan fingerprint density at radius 2 is 1.87 bits per heavy atom. The van der Waals surface area contributed by atoms with Crippen molar-refractivity contribution in [1.29, 1.82) is 0 Å². The highest BCUT2D eigenvalue weighted by atomic mass is 35.5. The number of benzene rings is 2. The van der Waals surface area contributed by atoms with Gasteiger partial charge in [0, 0.05) is 11.6 Å². The lowest BCUT2D eigenvalue weighted by molar-refractivity contribution is 0.244. The van der Waals surface area contributed by atoms with Crippen LogP contribution in [0, 0.1) is 0 Å². The molecule has 5 heteroatoms. The normalized spacial score (nSPS) is 12.7. The van der Waals surface area contributed by atoms with Crippen molar-refractivity contribution in [1.82, 2.24) is 14.9 Å². The van der Waals surface area contributed by atoms with E-state index in [4.69, 9.17) is 11.6 Å². The quantitative estimate of drug-likeness (QED) is 0.793. The van der Waals surface area contributed by atoms with Crippen LogP contribution in [0.2, 0.25) is 5.02 Å². The van der Waals surface area contributed by atoms with Crippen molar-refractivity contribution in [3.8, 4) is 0 Å². The second-order valence-corrected chi connectivity index (χ2v) is 6.06. The number of fused-ring (bicyclic) bond motifs is 1. The Hall–Kier alpha value is -2.17. The Labute approximate surface area is 139 Å². The van der Waals surface area contributed by atoms with Gasteiger partial charge in [0.15, 0.2) is 0 Å². The molecule has 23 heavy (non-hydrogen) atoms. The maximum atomic E-state index is 12.2. The van der Waals surface area contributed by atoms with Crippen LogP contribution in [0.4, 0.5) is 0 Å². The molecule has 1 heterocycles. The Balaban J connectivity index is 1.89. The van der Waals surface area contributed by atoms with Crippen LogP contribution in [0.25, 0.3) is 10.9 Å². The first kappa shape index (κ1) is 15.7. The summed E-state index contributed by atoms with van der Waals surface area (Å²) >= 11 is 6.22. The minimum absolute atomic E-state index is 0.0384. The molecule has 0 aliphatic carbocycles. The maximum absolute atomic E-state index is 12.2. The average molecular weight is 328 g/mol. The summed E-state index contributed by atoms with van der Waals surface area (Å²) in [7, 11) is 1.99. The number of nitrogens with zero attached hydrogens (tertiary/aromatic N) is 2. The molecule has 1 aromatic heterocycles. The molecule has 1 atom stereocenters. The fraction of sp³-hybridized carbons (Fsp3) is 0.222. The molecular formula is C18H18ClN3O. The van der Waals surface area contributed by atoms with Gasteiger partial charge in [0.2, 0.25) is 0 Å². The predicted molar refractivity (Wildman–Crippen MR) is 93.7 cm³/mol. The van der Waals surface area contributed by atoms with E-state index in [2.05, 4.69) is 14.9 Å². The molecule has 0 aliphatic heterocycles. The smallest absolute Gasteiger partial charge is 0.258 e. The fourth-order valence-corrected chi connectivity index (χ4v) is 2.74. The number of rotatable bonds is 4. The summed E-state index contributed by atoms with van der Waals surface area (Å²) in [5.74, 6) is 0.656. The Morgan fingerprint density at radius 3 is 2.65 bits per heavy atom. The SMILES string of the molecule is CC(c1nc2ccccc2c(=O)[nH]1)N(C)Cc1ccccc1Cl. The van der Waals surface area contributed by atoms with Gasteiger partial charge in [-0.2, -0.15) is 0 Å². The van der Waals surface area contributed by atoms with Crippen molar-refractivity contribution >= 4 is 22.5 Å². The lowest BCUT2D eigenvalue weighted by atomic mass is 10.1. The van der Waals surface area contributed by atoms with Gasteiger partial charge in [0.05, 0.1) is 16.9 Å². The van der Waals surface area contributed by atoms with E-state index < -0.39 is 0 Å². The van der Waals surface area contributed by atoms with Crippen LogP contribution in [0.15, 0.2) is 53.3 Å². The minimum Gasteiger partial charge on any atom is -0.309 e. The molecule has 2 aromatic carbocycles. The summed E-state index contributed by atoms with van der Waals surface area (Å²) in [6.45, 7) is 2.70. The van der Waals surface area contributed by atoms with Crippen LogP contribution in [0.3, 0.4) is 0 Å². The van der Waals surface area contributed by atoms with Crippen molar-refractivity contribution in [3.63, 3.8) is 0 Å². The molecule has 1 N–H and O–H groups in total. The van der Waals surface area contributed by atoms with Gasteiger partial charge in [-0.15, -0.1) is 0 Å². The van der Waals surface area contributed by atoms with Gasteiger partial charge in [0.1, 0.15) is 5.82 Å². The molecule has 0 spiro atoms. The number of halogens is 1. The van der Waals surface area contributed by atoms with Gasteiger partial charge in [-0.25, -0.2) is 4.98 Å². The van der Waals surface area contributed by atoms with Gasteiger partial charge in [-0.1, -0.05) is 41.9 Å². The molecular weight excluding hydrogens is 310 g/mol. The monoisotopic (exact) mass is 327 g/mol. The summed E-state index contributed by atoms with van der Waals surface area (Å²) in [4.78, 5) is 21.8. The zero-order chi connectivity index (χ0) is 16.4. The Morgan fingerprint density at radius 1 is 1.17 bits per heavy atom. The van der Waals surface area contributed by atoms with Crippen LogP contribution in [-0.4, -0.2) is 21.9 Å².